The number of rotatable bonds is 9. The Hall–Kier alpha value is -0.0800. The first kappa shape index (κ1) is 15.9. The van der Waals surface area contributed by atoms with E-state index in [2.05, 4.69) is 52.0 Å². The summed E-state index contributed by atoms with van der Waals surface area (Å²) in [5.41, 5.74) is 0. The zero-order chi connectivity index (χ0) is 12.6. The van der Waals surface area contributed by atoms with Gasteiger partial charge in [0.25, 0.3) is 0 Å². The first-order valence-electron chi connectivity index (χ1n) is 7.05. The van der Waals surface area contributed by atoms with Crippen LogP contribution in [0.4, 0.5) is 0 Å². The van der Waals surface area contributed by atoms with Gasteiger partial charge in [-0.1, -0.05) is 34.1 Å². The van der Waals surface area contributed by atoms with E-state index in [1.807, 2.05) is 0 Å². The molecular weight excluding hydrogens is 196 g/mol. The van der Waals surface area contributed by atoms with E-state index in [-0.39, 0.29) is 0 Å². The average Bonchev–Trinajstić information content (AvgIpc) is 2.30. The lowest BCUT2D eigenvalue weighted by Gasteiger charge is -2.38. The summed E-state index contributed by atoms with van der Waals surface area (Å²) in [6.07, 6.45) is 6.29. The molecule has 2 unspecified atom stereocenters. The van der Waals surface area contributed by atoms with E-state index in [4.69, 9.17) is 0 Å². The first-order valence-corrected chi connectivity index (χ1v) is 7.05. The van der Waals surface area contributed by atoms with E-state index >= 15 is 0 Å². The molecule has 0 aromatic rings. The number of nitrogens with one attached hydrogen (secondary N) is 1. The summed E-state index contributed by atoms with van der Waals surface area (Å²) in [5, 5.41) is 3.50. The summed E-state index contributed by atoms with van der Waals surface area (Å²) in [6.45, 7) is 9.18. The zero-order valence-corrected chi connectivity index (χ0v) is 12.2. The van der Waals surface area contributed by atoms with Crippen LogP contribution in [0.15, 0.2) is 0 Å². The molecule has 0 rings (SSSR count). The Kier molecular flexibility index (Phi) is 8.96. The summed E-state index contributed by atoms with van der Waals surface area (Å²) < 4.78 is 0. The number of nitrogens with zero attached hydrogens (tertiary/aromatic N) is 1. The van der Waals surface area contributed by atoms with E-state index < -0.39 is 0 Å². The number of hydrogen-bond donors (Lipinski definition) is 1. The fraction of sp³-hybridized carbons (Fsp3) is 1.00. The van der Waals surface area contributed by atoms with Gasteiger partial charge in [0.05, 0.1) is 0 Å². The molecule has 0 radical (unpaired) electrons. The molecule has 1 N–H and O–H groups in total. The monoisotopic (exact) mass is 228 g/mol. The van der Waals surface area contributed by atoms with Gasteiger partial charge in [-0.3, -0.25) is 4.90 Å². The standard InChI is InChI=1S/C14H32N2/c1-7-11-13(15-5)14(10-4)16(6)12(8-2)9-3/h12-15H,7-11H2,1-6H3. The molecule has 0 aromatic heterocycles. The fourth-order valence-corrected chi connectivity index (χ4v) is 2.83. The van der Waals surface area contributed by atoms with Crippen molar-refractivity contribution in [3.05, 3.63) is 0 Å². The van der Waals surface area contributed by atoms with Crippen LogP contribution in [0.2, 0.25) is 0 Å². The molecule has 0 aromatic carbocycles. The molecule has 0 aliphatic rings. The molecule has 0 fully saturated rings. The lowest BCUT2D eigenvalue weighted by atomic mass is 9.97. The Balaban J connectivity index is 4.54. The highest BCUT2D eigenvalue weighted by molar-refractivity contribution is 4.84. The van der Waals surface area contributed by atoms with Crippen LogP contribution in [0, 0.1) is 0 Å². The molecule has 16 heavy (non-hydrogen) atoms. The molecule has 2 heteroatoms. The largest absolute Gasteiger partial charge is 0.315 e. The van der Waals surface area contributed by atoms with Crippen molar-refractivity contribution in [3.8, 4) is 0 Å². The van der Waals surface area contributed by atoms with E-state index in [0.717, 1.165) is 6.04 Å². The van der Waals surface area contributed by atoms with Gasteiger partial charge in [0.2, 0.25) is 0 Å². The van der Waals surface area contributed by atoms with Crippen LogP contribution in [-0.4, -0.2) is 37.1 Å². The third-order valence-electron chi connectivity index (χ3n) is 3.89. The molecule has 0 heterocycles. The van der Waals surface area contributed by atoms with Crippen LogP contribution in [0.1, 0.15) is 59.8 Å². The van der Waals surface area contributed by atoms with Crippen molar-refractivity contribution < 1.29 is 0 Å². The summed E-state index contributed by atoms with van der Waals surface area (Å²) in [5.74, 6) is 0. The maximum atomic E-state index is 3.50. The molecule has 2 nitrogen and oxygen atoms in total. The van der Waals surface area contributed by atoms with E-state index in [1.165, 1.54) is 32.1 Å². The molecule has 98 valence electrons. The van der Waals surface area contributed by atoms with Gasteiger partial charge in [-0.2, -0.15) is 0 Å². The van der Waals surface area contributed by atoms with Crippen LogP contribution in [0.3, 0.4) is 0 Å². The second-order valence-corrected chi connectivity index (χ2v) is 4.80. The van der Waals surface area contributed by atoms with Gasteiger partial charge in [-0.15, -0.1) is 0 Å². The molecule has 0 saturated heterocycles. The van der Waals surface area contributed by atoms with Crippen LogP contribution in [-0.2, 0) is 0 Å². The Morgan fingerprint density at radius 1 is 1.00 bits per heavy atom. The van der Waals surface area contributed by atoms with Crippen LogP contribution < -0.4 is 5.32 Å². The summed E-state index contributed by atoms with van der Waals surface area (Å²) >= 11 is 0. The van der Waals surface area contributed by atoms with Gasteiger partial charge in [-0.25, -0.2) is 0 Å². The predicted octanol–water partition coefficient (Wildman–Crippen LogP) is 3.27. The highest BCUT2D eigenvalue weighted by Crippen LogP contribution is 2.17. The second kappa shape index (κ2) is 9.00. The first-order chi connectivity index (χ1) is 7.65. The van der Waals surface area contributed by atoms with Crippen molar-refractivity contribution in [3.63, 3.8) is 0 Å². The molecule has 2 atom stereocenters. The molecule has 0 aliphatic carbocycles. The highest BCUT2D eigenvalue weighted by atomic mass is 15.2. The van der Waals surface area contributed by atoms with E-state index in [0.29, 0.717) is 12.1 Å². The lowest BCUT2D eigenvalue weighted by molar-refractivity contribution is 0.125. The van der Waals surface area contributed by atoms with Gasteiger partial charge in [-0.05, 0) is 39.8 Å². The Morgan fingerprint density at radius 2 is 1.56 bits per heavy atom. The predicted molar refractivity (Wildman–Crippen MR) is 74.0 cm³/mol. The van der Waals surface area contributed by atoms with Crippen molar-refractivity contribution in [2.75, 3.05) is 14.1 Å². The Bertz CT molecular complexity index is 155. The number of likely N-dealkylation sites (N-methyl/N-ethyl adjacent to an activating group) is 2. The lowest BCUT2D eigenvalue weighted by Crippen LogP contribution is -2.50. The third-order valence-corrected chi connectivity index (χ3v) is 3.89. The number of hydrogen-bond acceptors (Lipinski definition) is 2. The smallest absolute Gasteiger partial charge is 0.0246 e. The van der Waals surface area contributed by atoms with E-state index in [1.54, 1.807) is 0 Å². The minimum atomic E-state index is 0.639. The maximum Gasteiger partial charge on any atom is 0.0246 e. The SMILES string of the molecule is CCCC(NC)C(CC)N(C)C(CC)CC. The highest BCUT2D eigenvalue weighted by Gasteiger charge is 2.25. The van der Waals surface area contributed by atoms with E-state index in [9.17, 15) is 0 Å². The van der Waals surface area contributed by atoms with Crippen molar-refractivity contribution >= 4 is 0 Å². The summed E-state index contributed by atoms with van der Waals surface area (Å²) in [4.78, 5) is 2.59. The zero-order valence-electron chi connectivity index (χ0n) is 12.2. The third kappa shape index (κ3) is 4.42. The van der Waals surface area contributed by atoms with Gasteiger partial charge in [0.1, 0.15) is 0 Å². The van der Waals surface area contributed by atoms with Crippen molar-refractivity contribution in [2.24, 2.45) is 0 Å². The van der Waals surface area contributed by atoms with Crippen LogP contribution in [0.25, 0.3) is 0 Å². The second-order valence-electron chi connectivity index (χ2n) is 4.80. The Labute approximate surface area is 103 Å². The van der Waals surface area contributed by atoms with Gasteiger partial charge < -0.3 is 5.32 Å². The molecule has 0 saturated carbocycles. The molecule has 0 amide bonds. The summed E-state index contributed by atoms with van der Waals surface area (Å²) in [7, 11) is 4.40. The average molecular weight is 228 g/mol. The minimum absolute atomic E-state index is 0.639. The molecule has 0 aliphatic heterocycles. The normalized spacial score (nSPS) is 15.8. The molecular formula is C14H32N2. The quantitative estimate of drug-likeness (QED) is 0.651. The topological polar surface area (TPSA) is 15.3 Å². The van der Waals surface area contributed by atoms with Gasteiger partial charge in [0, 0.05) is 18.1 Å². The van der Waals surface area contributed by atoms with Crippen LogP contribution in [0.5, 0.6) is 0 Å². The van der Waals surface area contributed by atoms with Gasteiger partial charge >= 0.3 is 0 Å². The van der Waals surface area contributed by atoms with Crippen molar-refractivity contribution in [1.29, 1.82) is 0 Å². The fourth-order valence-electron chi connectivity index (χ4n) is 2.83. The van der Waals surface area contributed by atoms with Crippen LogP contribution >= 0.6 is 0 Å². The summed E-state index contributed by atoms with van der Waals surface area (Å²) in [6, 6.07) is 2.05. The van der Waals surface area contributed by atoms with Crippen molar-refractivity contribution in [2.45, 2.75) is 77.9 Å². The van der Waals surface area contributed by atoms with Gasteiger partial charge in [0.15, 0.2) is 0 Å². The minimum Gasteiger partial charge on any atom is -0.315 e. The van der Waals surface area contributed by atoms with Crippen molar-refractivity contribution in [1.82, 2.24) is 10.2 Å². The Morgan fingerprint density at radius 3 is 1.88 bits per heavy atom. The maximum absolute atomic E-state index is 3.50. The molecule has 0 bridgehead atoms. The molecule has 0 spiro atoms.